The highest BCUT2D eigenvalue weighted by molar-refractivity contribution is 5.94. The van der Waals surface area contributed by atoms with Crippen LogP contribution in [0.25, 0.3) is 0 Å². The molecule has 0 aliphatic rings. The minimum atomic E-state index is -4.36. The fourth-order valence-electron chi connectivity index (χ4n) is 2.17. The van der Waals surface area contributed by atoms with Gasteiger partial charge in [0.1, 0.15) is 6.61 Å². The van der Waals surface area contributed by atoms with Gasteiger partial charge < -0.3 is 9.64 Å². The summed E-state index contributed by atoms with van der Waals surface area (Å²) in [6.45, 7) is -1.14. The Balaban J connectivity index is 1.99. The second-order valence-electron chi connectivity index (χ2n) is 5.42. The number of aromatic nitrogens is 2. The largest absolute Gasteiger partial charge is 0.411 e. The maximum Gasteiger partial charge on any atom is 0.411 e. The van der Waals surface area contributed by atoms with E-state index in [-0.39, 0.29) is 12.5 Å². The van der Waals surface area contributed by atoms with Gasteiger partial charge in [-0.2, -0.15) is 18.3 Å². The number of ether oxygens (including phenoxy) is 1. The topological polar surface area (TPSA) is 47.4 Å². The lowest BCUT2D eigenvalue weighted by Gasteiger charge is -2.17. The Morgan fingerprint density at radius 2 is 2.08 bits per heavy atom. The lowest BCUT2D eigenvalue weighted by atomic mass is 10.1. The average molecular weight is 341 g/mol. The van der Waals surface area contributed by atoms with Gasteiger partial charge in [0.2, 0.25) is 0 Å². The first-order valence-corrected chi connectivity index (χ1v) is 7.22. The van der Waals surface area contributed by atoms with Crippen LogP contribution in [0.15, 0.2) is 36.5 Å². The summed E-state index contributed by atoms with van der Waals surface area (Å²) in [5.74, 6) is -0.228. The molecule has 24 heavy (non-hydrogen) atoms. The molecule has 2 rings (SSSR count). The molecule has 0 saturated heterocycles. The van der Waals surface area contributed by atoms with Gasteiger partial charge in [0, 0.05) is 25.9 Å². The van der Waals surface area contributed by atoms with E-state index < -0.39 is 12.8 Å². The SMILES string of the molecule is CN(Cc1ccnn1C)C(=O)c1cccc(COCC(F)(F)F)c1. The Labute approximate surface area is 137 Å². The molecule has 8 heteroatoms. The second-order valence-corrected chi connectivity index (χ2v) is 5.42. The van der Waals surface area contributed by atoms with E-state index in [1.165, 1.54) is 4.90 Å². The number of halogens is 3. The van der Waals surface area contributed by atoms with Gasteiger partial charge in [-0.1, -0.05) is 12.1 Å². The molecule has 0 radical (unpaired) electrons. The zero-order valence-electron chi connectivity index (χ0n) is 13.4. The van der Waals surface area contributed by atoms with E-state index in [4.69, 9.17) is 0 Å². The van der Waals surface area contributed by atoms with E-state index in [0.29, 0.717) is 17.7 Å². The van der Waals surface area contributed by atoms with Crippen molar-refractivity contribution >= 4 is 5.91 Å². The number of amides is 1. The molecule has 0 aliphatic carbocycles. The van der Waals surface area contributed by atoms with Crippen LogP contribution in [0.3, 0.4) is 0 Å². The van der Waals surface area contributed by atoms with Gasteiger partial charge in [0.05, 0.1) is 18.8 Å². The number of hydrogen-bond donors (Lipinski definition) is 0. The summed E-state index contributed by atoms with van der Waals surface area (Å²) < 4.78 is 42.6. The molecule has 2 aromatic rings. The maximum absolute atomic E-state index is 12.4. The van der Waals surface area contributed by atoms with Gasteiger partial charge in [0.25, 0.3) is 5.91 Å². The molecular weight excluding hydrogens is 323 g/mol. The number of hydrogen-bond acceptors (Lipinski definition) is 3. The minimum Gasteiger partial charge on any atom is -0.367 e. The Kier molecular flexibility index (Phi) is 5.61. The summed E-state index contributed by atoms with van der Waals surface area (Å²) in [6.07, 6.45) is -2.72. The predicted octanol–water partition coefficient (Wildman–Crippen LogP) is 2.77. The summed E-state index contributed by atoms with van der Waals surface area (Å²) in [6, 6.07) is 8.21. The molecule has 1 heterocycles. The van der Waals surface area contributed by atoms with Gasteiger partial charge in [0.15, 0.2) is 0 Å². The first-order valence-electron chi connectivity index (χ1n) is 7.22. The monoisotopic (exact) mass is 341 g/mol. The maximum atomic E-state index is 12.4. The summed E-state index contributed by atoms with van der Waals surface area (Å²) in [5.41, 5.74) is 1.78. The van der Waals surface area contributed by atoms with E-state index in [9.17, 15) is 18.0 Å². The van der Waals surface area contributed by atoms with E-state index in [0.717, 1.165) is 5.69 Å². The van der Waals surface area contributed by atoms with E-state index in [1.54, 1.807) is 49.2 Å². The fourth-order valence-corrected chi connectivity index (χ4v) is 2.17. The van der Waals surface area contributed by atoms with E-state index >= 15 is 0 Å². The first kappa shape index (κ1) is 18.0. The minimum absolute atomic E-state index is 0.202. The van der Waals surface area contributed by atoms with Crippen molar-refractivity contribution in [3.05, 3.63) is 53.3 Å². The van der Waals surface area contributed by atoms with Gasteiger partial charge in [-0.3, -0.25) is 9.48 Å². The zero-order chi connectivity index (χ0) is 17.7. The van der Waals surface area contributed by atoms with Crippen LogP contribution in [-0.4, -0.2) is 40.4 Å². The van der Waals surface area contributed by atoms with Gasteiger partial charge >= 0.3 is 6.18 Å². The van der Waals surface area contributed by atoms with Gasteiger partial charge in [-0.25, -0.2) is 0 Å². The Hall–Kier alpha value is -2.35. The molecule has 0 unspecified atom stereocenters. The van der Waals surface area contributed by atoms with Gasteiger partial charge in [-0.15, -0.1) is 0 Å². The molecule has 1 aromatic carbocycles. The van der Waals surface area contributed by atoms with Crippen molar-refractivity contribution in [3.8, 4) is 0 Å². The Morgan fingerprint density at radius 3 is 2.71 bits per heavy atom. The molecule has 1 aromatic heterocycles. The Morgan fingerprint density at radius 1 is 1.33 bits per heavy atom. The number of rotatable bonds is 6. The van der Waals surface area contributed by atoms with Crippen molar-refractivity contribution in [2.24, 2.45) is 7.05 Å². The quantitative estimate of drug-likeness (QED) is 0.812. The van der Waals surface area contributed by atoms with Crippen LogP contribution < -0.4 is 0 Å². The molecule has 0 saturated carbocycles. The molecular formula is C16H18F3N3O2. The third-order valence-corrected chi connectivity index (χ3v) is 3.38. The summed E-state index contributed by atoms with van der Waals surface area (Å²) >= 11 is 0. The molecule has 5 nitrogen and oxygen atoms in total. The van der Waals surface area contributed by atoms with Crippen LogP contribution >= 0.6 is 0 Å². The molecule has 130 valence electrons. The zero-order valence-corrected chi connectivity index (χ0v) is 13.4. The van der Waals surface area contributed by atoms with Crippen molar-refractivity contribution in [2.75, 3.05) is 13.7 Å². The number of carbonyl (C=O) groups excluding carboxylic acids is 1. The predicted molar refractivity (Wildman–Crippen MR) is 81.2 cm³/mol. The number of carbonyl (C=O) groups is 1. The summed E-state index contributed by atoms with van der Waals surface area (Å²) in [4.78, 5) is 14.0. The number of benzene rings is 1. The summed E-state index contributed by atoms with van der Waals surface area (Å²) in [7, 11) is 3.44. The van der Waals surface area contributed by atoms with E-state index in [2.05, 4.69) is 9.84 Å². The van der Waals surface area contributed by atoms with Crippen molar-refractivity contribution in [1.82, 2.24) is 14.7 Å². The van der Waals surface area contributed by atoms with Crippen molar-refractivity contribution in [1.29, 1.82) is 0 Å². The second kappa shape index (κ2) is 7.48. The highest BCUT2D eigenvalue weighted by Gasteiger charge is 2.27. The summed E-state index contributed by atoms with van der Waals surface area (Å²) in [5, 5.41) is 4.04. The highest BCUT2D eigenvalue weighted by atomic mass is 19.4. The lowest BCUT2D eigenvalue weighted by molar-refractivity contribution is -0.176. The van der Waals surface area contributed by atoms with Crippen LogP contribution in [0.1, 0.15) is 21.6 Å². The molecule has 0 fully saturated rings. The van der Waals surface area contributed by atoms with Crippen molar-refractivity contribution in [2.45, 2.75) is 19.3 Å². The molecule has 0 atom stereocenters. The third-order valence-electron chi connectivity index (χ3n) is 3.38. The third kappa shape index (κ3) is 5.09. The molecule has 0 bridgehead atoms. The molecule has 0 aliphatic heterocycles. The average Bonchev–Trinajstić information content (AvgIpc) is 2.90. The number of nitrogens with zero attached hydrogens (tertiary/aromatic N) is 3. The number of alkyl halides is 3. The Bertz CT molecular complexity index is 698. The van der Waals surface area contributed by atoms with Crippen LogP contribution in [0.2, 0.25) is 0 Å². The molecule has 0 spiro atoms. The van der Waals surface area contributed by atoms with Crippen molar-refractivity contribution < 1.29 is 22.7 Å². The normalized spacial score (nSPS) is 11.5. The highest BCUT2D eigenvalue weighted by Crippen LogP contribution is 2.16. The fraction of sp³-hybridized carbons (Fsp3) is 0.375. The number of aryl methyl sites for hydroxylation is 1. The van der Waals surface area contributed by atoms with Crippen LogP contribution in [0.4, 0.5) is 13.2 Å². The first-order chi connectivity index (χ1) is 11.3. The molecule has 1 amide bonds. The van der Waals surface area contributed by atoms with Crippen LogP contribution in [0, 0.1) is 0 Å². The van der Waals surface area contributed by atoms with Crippen LogP contribution in [0.5, 0.6) is 0 Å². The van der Waals surface area contributed by atoms with E-state index in [1.807, 2.05) is 6.07 Å². The van der Waals surface area contributed by atoms with Crippen LogP contribution in [-0.2, 0) is 24.9 Å². The standard InChI is InChI=1S/C16H18F3N3O2/c1-21(9-14-6-7-20-22(14)2)15(23)13-5-3-4-12(8-13)10-24-11-16(17,18)19/h3-8H,9-11H2,1-2H3. The van der Waals surface area contributed by atoms with Crippen molar-refractivity contribution in [3.63, 3.8) is 0 Å². The smallest absolute Gasteiger partial charge is 0.367 e. The lowest BCUT2D eigenvalue weighted by Crippen LogP contribution is -2.27. The van der Waals surface area contributed by atoms with Gasteiger partial charge in [-0.05, 0) is 23.8 Å². The molecule has 0 N–H and O–H groups in total.